The Kier molecular flexibility index (Phi) is 7.65. The third kappa shape index (κ3) is 4.84. The Hall–Kier alpha value is -2.64. The molecule has 1 unspecified atom stereocenters. The van der Waals surface area contributed by atoms with Crippen LogP contribution in [0.3, 0.4) is 0 Å². The van der Waals surface area contributed by atoms with E-state index in [-0.39, 0.29) is 16.9 Å². The third-order valence-electron chi connectivity index (χ3n) is 6.00. The largest absolute Gasteiger partial charge is 0.476 e. The van der Waals surface area contributed by atoms with Gasteiger partial charge in [-0.25, -0.2) is 4.79 Å². The Morgan fingerprint density at radius 1 is 1.15 bits per heavy atom. The second kappa shape index (κ2) is 10.1. The first-order valence-corrected chi connectivity index (χ1v) is 12.5. The lowest BCUT2D eigenvalue weighted by atomic mass is 9.82. The molecule has 0 saturated heterocycles. The summed E-state index contributed by atoms with van der Waals surface area (Å²) in [7, 11) is 0. The molecule has 1 atom stereocenters. The fourth-order valence-corrected chi connectivity index (χ4v) is 5.56. The second-order valence-corrected chi connectivity index (χ2v) is 10.1. The van der Waals surface area contributed by atoms with Crippen molar-refractivity contribution in [3.8, 4) is 0 Å². The van der Waals surface area contributed by atoms with Crippen LogP contribution in [0.2, 0.25) is 5.02 Å². The van der Waals surface area contributed by atoms with Crippen LogP contribution in [0.1, 0.15) is 50.4 Å². The molecule has 0 spiro atoms. The molecule has 33 heavy (non-hydrogen) atoms. The molecule has 3 rings (SSSR count). The average Bonchev–Trinajstić information content (AvgIpc) is 3.14. The number of unbranched alkanes of at least 4 members (excludes halogenated alkanes) is 1. The van der Waals surface area contributed by atoms with E-state index in [1.807, 2.05) is 41.5 Å². The van der Waals surface area contributed by atoms with Crippen LogP contribution in [-0.2, 0) is 4.79 Å². The monoisotopic (exact) mass is 487 g/mol. The van der Waals surface area contributed by atoms with E-state index in [0.29, 0.717) is 10.6 Å². The fraction of sp³-hybridized carbons (Fsp3) is 0.360. The van der Waals surface area contributed by atoms with Gasteiger partial charge in [0.15, 0.2) is 10.7 Å². The van der Waals surface area contributed by atoms with Crippen molar-refractivity contribution < 1.29 is 14.7 Å². The molecule has 0 radical (unpaired) electrons. The number of thioether (sulfide) groups is 1. The van der Waals surface area contributed by atoms with Crippen LogP contribution in [0.5, 0.6) is 0 Å². The zero-order valence-electron chi connectivity index (χ0n) is 19.3. The van der Waals surface area contributed by atoms with Crippen LogP contribution >= 0.6 is 23.4 Å². The van der Waals surface area contributed by atoms with Gasteiger partial charge in [-0.05, 0) is 49.1 Å². The van der Waals surface area contributed by atoms with Gasteiger partial charge in [-0.1, -0.05) is 63.4 Å². The van der Waals surface area contributed by atoms with Crippen molar-refractivity contribution >= 4 is 40.9 Å². The van der Waals surface area contributed by atoms with E-state index in [1.165, 1.54) is 11.8 Å². The summed E-state index contributed by atoms with van der Waals surface area (Å²) < 4.78 is 0. The molecule has 0 bridgehead atoms. The Morgan fingerprint density at radius 2 is 1.79 bits per heavy atom. The first kappa shape index (κ1) is 25.0. The third-order valence-corrected chi connectivity index (χ3v) is 7.68. The number of rotatable bonds is 9. The number of carbonyl (C=O) groups excluding carboxylic acids is 1. The van der Waals surface area contributed by atoms with Gasteiger partial charge in [-0.2, -0.15) is 0 Å². The molecule has 1 heterocycles. The highest BCUT2D eigenvalue weighted by Crippen LogP contribution is 2.51. The van der Waals surface area contributed by atoms with E-state index in [9.17, 15) is 14.7 Å². The molecule has 6 nitrogen and oxygen atoms in total. The number of carboxylic acids is 1. The van der Waals surface area contributed by atoms with E-state index in [4.69, 9.17) is 11.6 Å². The average molecular weight is 488 g/mol. The van der Waals surface area contributed by atoms with E-state index in [0.717, 1.165) is 24.9 Å². The first-order chi connectivity index (χ1) is 15.7. The number of aliphatic carboxylic acids is 1. The number of halogens is 1. The Bertz CT molecular complexity index is 1040. The summed E-state index contributed by atoms with van der Waals surface area (Å²) in [5.41, 5.74) is 0.766. The summed E-state index contributed by atoms with van der Waals surface area (Å²) in [5, 5.41) is 17.0. The number of hydrogen-bond donors (Lipinski definition) is 3. The minimum atomic E-state index is -1.13. The lowest BCUT2D eigenvalue weighted by Gasteiger charge is -2.50. The summed E-state index contributed by atoms with van der Waals surface area (Å²) >= 11 is 7.48. The highest BCUT2D eigenvalue weighted by molar-refractivity contribution is 8.00. The fourth-order valence-electron chi connectivity index (χ4n) is 4.20. The highest BCUT2D eigenvalue weighted by atomic mass is 35.5. The maximum atomic E-state index is 13.0. The van der Waals surface area contributed by atoms with Crippen molar-refractivity contribution in [1.29, 1.82) is 0 Å². The van der Waals surface area contributed by atoms with E-state index in [1.54, 1.807) is 24.3 Å². The molecule has 0 fully saturated rings. The van der Waals surface area contributed by atoms with Gasteiger partial charge in [0.2, 0.25) is 0 Å². The zero-order chi connectivity index (χ0) is 24.2. The molecule has 8 heteroatoms. The van der Waals surface area contributed by atoms with Gasteiger partial charge >= 0.3 is 5.97 Å². The van der Waals surface area contributed by atoms with Crippen LogP contribution in [0.15, 0.2) is 66.1 Å². The van der Waals surface area contributed by atoms with Gasteiger partial charge in [0.1, 0.15) is 5.82 Å². The summed E-state index contributed by atoms with van der Waals surface area (Å²) in [6.45, 7) is 6.40. The van der Waals surface area contributed by atoms with Gasteiger partial charge < -0.3 is 15.7 Å². The summed E-state index contributed by atoms with van der Waals surface area (Å²) in [5.74, 6) is -1.37. The minimum absolute atomic E-state index is 0.00226. The number of para-hydroxylation sites is 1. The van der Waals surface area contributed by atoms with Crippen LogP contribution in [0.25, 0.3) is 0 Å². The lowest BCUT2D eigenvalue weighted by Crippen LogP contribution is -2.61. The topological polar surface area (TPSA) is 81.7 Å². The summed E-state index contributed by atoms with van der Waals surface area (Å²) in [6, 6.07) is 15.9. The summed E-state index contributed by atoms with van der Waals surface area (Å²) in [6.07, 6.45) is 4.85. The second-order valence-electron chi connectivity index (χ2n) is 8.62. The van der Waals surface area contributed by atoms with Gasteiger partial charge in [-0.3, -0.25) is 9.69 Å². The first-order valence-electron chi connectivity index (χ1n) is 10.9. The standard InChI is InChI=1S/C25H30ClN3O3S/c1-5-6-16-24(2,3)25(33-4)28-21(27-22(30)17-12-14-18(26)15-13-17)20(23(31)32)29(25)19-10-8-7-9-11-19/h7-15,28H,5-6,16H2,1-4H3,(H,27,30)(H,31,32). The molecule has 2 aromatic carbocycles. The van der Waals surface area contributed by atoms with Gasteiger partial charge in [-0.15, -0.1) is 11.8 Å². The van der Waals surface area contributed by atoms with Crippen molar-refractivity contribution in [1.82, 2.24) is 10.6 Å². The lowest BCUT2D eigenvalue weighted by molar-refractivity contribution is -0.132. The number of amides is 1. The zero-order valence-corrected chi connectivity index (χ0v) is 20.9. The van der Waals surface area contributed by atoms with E-state index in [2.05, 4.69) is 31.4 Å². The smallest absolute Gasteiger partial charge is 0.356 e. The Morgan fingerprint density at radius 3 is 2.33 bits per heavy atom. The van der Waals surface area contributed by atoms with Crippen molar-refractivity contribution in [3.63, 3.8) is 0 Å². The number of hydrogen-bond acceptors (Lipinski definition) is 5. The quantitative estimate of drug-likeness (QED) is 0.423. The molecular weight excluding hydrogens is 458 g/mol. The molecule has 1 aliphatic rings. The Balaban J connectivity index is 2.13. The Labute approximate surface area is 204 Å². The van der Waals surface area contributed by atoms with Gasteiger partial charge in [0, 0.05) is 21.7 Å². The molecule has 0 saturated carbocycles. The molecule has 176 valence electrons. The number of carboxylic acid groups (broad SMARTS) is 1. The SMILES string of the molecule is CCCCC(C)(C)C1(SC)NC(NC(=O)c2ccc(Cl)cc2)=C(C(=O)O)N1c1ccccc1. The predicted octanol–water partition coefficient (Wildman–Crippen LogP) is 5.67. The normalized spacial score (nSPS) is 18.3. The van der Waals surface area contributed by atoms with Crippen LogP contribution in [-0.4, -0.2) is 28.2 Å². The van der Waals surface area contributed by atoms with Crippen molar-refractivity contribution in [2.24, 2.45) is 5.41 Å². The molecule has 3 N–H and O–H groups in total. The molecule has 1 amide bonds. The van der Waals surface area contributed by atoms with Crippen molar-refractivity contribution in [2.45, 2.75) is 45.0 Å². The minimum Gasteiger partial charge on any atom is -0.476 e. The molecule has 1 aliphatic heterocycles. The van der Waals surface area contributed by atoms with Crippen molar-refractivity contribution in [2.75, 3.05) is 11.2 Å². The maximum Gasteiger partial charge on any atom is 0.356 e. The van der Waals surface area contributed by atoms with E-state index >= 15 is 0 Å². The number of benzene rings is 2. The van der Waals surface area contributed by atoms with Crippen LogP contribution in [0.4, 0.5) is 5.69 Å². The highest BCUT2D eigenvalue weighted by Gasteiger charge is 2.56. The molecular formula is C25H30ClN3O3S. The van der Waals surface area contributed by atoms with Gasteiger partial charge in [0.25, 0.3) is 5.91 Å². The van der Waals surface area contributed by atoms with Gasteiger partial charge in [0.05, 0.1) is 0 Å². The number of carbonyl (C=O) groups is 2. The van der Waals surface area contributed by atoms with Crippen LogP contribution in [0, 0.1) is 5.41 Å². The predicted molar refractivity (Wildman–Crippen MR) is 135 cm³/mol. The number of anilines is 1. The van der Waals surface area contributed by atoms with E-state index < -0.39 is 16.9 Å². The molecule has 0 aromatic heterocycles. The number of nitrogens with one attached hydrogen (secondary N) is 2. The molecule has 2 aromatic rings. The summed E-state index contributed by atoms with van der Waals surface area (Å²) in [4.78, 5) is 26.6. The van der Waals surface area contributed by atoms with Crippen molar-refractivity contribution in [3.05, 3.63) is 76.7 Å². The number of nitrogens with zero attached hydrogens (tertiary/aromatic N) is 1. The maximum absolute atomic E-state index is 13.0. The molecule has 0 aliphatic carbocycles. The van der Waals surface area contributed by atoms with Crippen LogP contribution < -0.4 is 15.5 Å².